The van der Waals surface area contributed by atoms with Gasteiger partial charge in [-0.1, -0.05) is 23.2 Å². The first-order valence-corrected chi connectivity index (χ1v) is 6.54. The molecule has 0 aliphatic carbocycles. The van der Waals surface area contributed by atoms with Crippen molar-refractivity contribution < 1.29 is 8.78 Å². The number of nitrogens with one attached hydrogen (secondary N) is 1. The molecule has 6 heteroatoms. The zero-order chi connectivity index (χ0) is 14.9. The number of nitrogens with two attached hydrogens (primary N) is 1. The van der Waals surface area contributed by atoms with Gasteiger partial charge in [-0.2, -0.15) is 0 Å². The van der Waals surface area contributed by atoms with E-state index in [0.717, 1.165) is 5.56 Å². The smallest absolute Gasteiger partial charge is 0.265 e. The van der Waals surface area contributed by atoms with Gasteiger partial charge in [0.15, 0.2) is 0 Å². The van der Waals surface area contributed by atoms with Crippen molar-refractivity contribution in [3.8, 4) is 0 Å². The highest BCUT2D eigenvalue weighted by atomic mass is 35.5. The van der Waals surface area contributed by atoms with Crippen LogP contribution >= 0.6 is 23.2 Å². The summed E-state index contributed by atoms with van der Waals surface area (Å²) in [6.07, 6.45) is -2.64. The van der Waals surface area contributed by atoms with Crippen molar-refractivity contribution in [2.24, 2.45) is 0 Å². The van der Waals surface area contributed by atoms with E-state index in [1.54, 1.807) is 12.1 Å². The summed E-state index contributed by atoms with van der Waals surface area (Å²) in [6, 6.07) is 7.53. The van der Waals surface area contributed by atoms with Crippen LogP contribution in [0.1, 0.15) is 17.6 Å². The van der Waals surface area contributed by atoms with Crippen LogP contribution < -0.4 is 11.1 Å². The highest BCUT2D eigenvalue weighted by Crippen LogP contribution is 2.35. The molecule has 0 saturated heterocycles. The molecule has 0 amide bonds. The zero-order valence-electron chi connectivity index (χ0n) is 10.6. The molecule has 0 aliphatic rings. The number of hydrogen-bond donors (Lipinski definition) is 2. The lowest BCUT2D eigenvalue weighted by Gasteiger charge is -2.14. The predicted molar refractivity (Wildman–Crippen MR) is 80.3 cm³/mol. The van der Waals surface area contributed by atoms with Crippen LogP contribution in [0, 0.1) is 6.92 Å². The van der Waals surface area contributed by atoms with Crippen LogP contribution in [0.15, 0.2) is 30.3 Å². The van der Waals surface area contributed by atoms with Gasteiger partial charge < -0.3 is 11.1 Å². The minimum absolute atomic E-state index is 0.183. The molecule has 0 unspecified atom stereocenters. The fourth-order valence-electron chi connectivity index (χ4n) is 1.76. The Bertz CT molecular complexity index is 645. The number of hydrogen-bond acceptors (Lipinski definition) is 2. The normalized spacial score (nSPS) is 10.9. The molecule has 0 saturated carbocycles. The van der Waals surface area contributed by atoms with Crippen LogP contribution in [-0.2, 0) is 0 Å². The fraction of sp³-hybridized carbons (Fsp3) is 0.143. The number of halogens is 4. The first kappa shape index (κ1) is 14.9. The van der Waals surface area contributed by atoms with Crippen LogP contribution in [0.4, 0.5) is 25.8 Å². The lowest BCUT2D eigenvalue weighted by atomic mass is 10.1. The Morgan fingerprint density at radius 2 is 1.75 bits per heavy atom. The number of rotatable bonds is 3. The Morgan fingerprint density at radius 1 is 1.05 bits per heavy atom. The van der Waals surface area contributed by atoms with Gasteiger partial charge in [0, 0.05) is 22.0 Å². The highest BCUT2D eigenvalue weighted by molar-refractivity contribution is 6.35. The second kappa shape index (κ2) is 5.85. The van der Waals surface area contributed by atoms with E-state index >= 15 is 0 Å². The summed E-state index contributed by atoms with van der Waals surface area (Å²) in [5.41, 5.74) is 7.14. The van der Waals surface area contributed by atoms with Gasteiger partial charge in [-0.05, 0) is 42.8 Å². The molecule has 20 heavy (non-hydrogen) atoms. The van der Waals surface area contributed by atoms with E-state index in [0.29, 0.717) is 15.7 Å². The summed E-state index contributed by atoms with van der Waals surface area (Å²) in [6.45, 7) is 1.81. The van der Waals surface area contributed by atoms with Gasteiger partial charge in [-0.15, -0.1) is 0 Å². The monoisotopic (exact) mass is 316 g/mol. The first-order chi connectivity index (χ1) is 9.38. The predicted octanol–water partition coefficient (Wildman–Crippen LogP) is 5.57. The summed E-state index contributed by atoms with van der Waals surface area (Å²) >= 11 is 12.1. The molecule has 3 N–H and O–H groups in total. The van der Waals surface area contributed by atoms with Gasteiger partial charge in [0.25, 0.3) is 6.43 Å². The zero-order valence-corrected chi connectivity index (χ0v) is 12.1. The van der Waals surface area contributed by atoms with E-state index in [2.05, 4.69) is 5.32 Å². The molecular weight excluding hydrogens is 305 g/mol. The van der Waals surface area contributed by atoms with Crippen molar-refractivity contribution in [3.05, 3.63) is 51.5 Å². The topological polar surface area (TPSA) is 38.0 Å². The largest absolute Gasteiger partial charge is 0.399 e. The summed E-state index contributed by atoms with van der Waals surface area (Å²) in [5, 5.41) is 3.78. The molecule has 0 radical (unpaired) electrons. The Morgan fingerprint density at radius 3 is 2.40 bits per heavy atom. The molecule has 2 nitrogen and oxygen atoms in total. The molecule has 106 valence electrons. The average molecular weight is 317 g/mol. The van der Waals surface area contributed by atoms with Crippen LogP contribution in [-0.4, -0.2) is 0 Å². The fourth-order valence-corrected chi connectivity index (χ4v) is 2.19. The van der Waals surface area contributed by atoms with Gasteiger partial charge in [-0.25, -0.2) is 8.78 Å². The molecule has 0 aliphatic heterocycles. The SMILES string of the molecule is Cc1cc(Cl)c(Nc2ccc(N)cc2C(F)F)cc1Cl. The second-order valence-electron chi connectivity index (χ2n) is 4.35. The first-order valence-electron chi connectivity index (χ1n) is 5.78. The average Bonchev–Trinajstić information content (AvgIpc) is 2.37. The van der Waals surface area contributed by atoms with Crippen molar-refractivity contribution in [1.29, 1.82) is 0 Å². The summed E-state index contributed by atoms with van der Waals surface area (Å²) in [7, 11) is 0. The minimum atomic E-state index is -2.64. The van der Waals surface area contributed by atoms with Crippen LogP contribution in [0.3, 0.4) is 0 Å². The number of anilines is 3. The van der Waals surface area contributed by atoms with E-state index in [-0.39, 0.29) is 16.9 Å². The molecule has 0 fully saturated rings. The Kier molecular flexibility index (Phi) is 4.35. The second-order valence-corrected chi connectivity index (χ2v) is 5.17. The Hall–Kier alpha value is -1.52. The number of nitrogen functional groups attached to an aromatic ring is 1. The van der Waals surface area contributed by atoms with E-state index in [4.69, 9.17) is 28.9 Å². The maximum absolute atomic E-state index is 13.0. The van der Waals surface area contributed by atoms with Gasteiger partial charge in [-0.3, -0.25) is 0 Å². The number of alkyl halides is 2. The van der Waals surface area contributed by atoms with E-state index in [9.17, 15) is 8.78 Å². The van der Waals surface area contributed by atoms with E-state index < -0.39 is 6.43 Å². The van der Waals surface area contributed by atoms with Crippen molar-refractivity contribution in [2.75, 3.05) is 11.1 Å². The number of aryl methyl sites for hydroxylation is 1. The third kappa shape index (κ3) is 3.14. The Labute approximate surface area is 125 Å². The number of benzene rings is 2. The lowest BCUT2D eigenvalue weighted by molar-refractivity contribution is 0.152. The van der Waals surface area contributed by atoms with Gasteiger partial charge in [0.1, 0.15) is 0 Å². The van der Waals surface area contributed by atoms with E-state index in [1.165, 1.54) is 18.2 Å². The standard InChI is InChI=1S/C14H12Cl2F2N2/c1-7-4-11(16)13(6-10(7)15)20-12-3-2-8(19)5-9(12)14(17)18/h2-6,14,20H,19H2,1H3. The minimum Gasteiger partial charge on any atom is -0.399 e. The Balaban J connectivity index is 2.42. The van der Waals surface area contributed by atoms with Crippen LogP contribution in [0.5, 0.6) is 0 Å². The van der Waals surface area contributed by atoms with Gasteiger partial charge >= 0.3 is 0 Å². The molecule has 2 aromatic carbocycles. The van der Waals surface area contributed by atoms with Crippen molar-refractivity contribution in [1.82, 2.24) is 0 Å². The van der Waals surface area contributed by atoms with Crippen LogP contribution in [0.25, 0.3) is 0 Å². The van der Waals surface area contributed by atoms with Gasteiger partial charge in [0.2, 0.25) is 0 Å². The van der Waals surface area contributed by atoms with Gasteiger partial charge in [0.05, 0.1) is 10.7 Å². The van der Waals surface area contributed by atoms with Crippen LogP contribution in [0.2, 0.25) is 10.0 Å². The maximum Gasteiger partial charge on any atom is 0.265 e. The van der Waals surface area contributed by atoms with Crippen molar-refractivity contribution >= 4 is 40.3 Å². The maximum atomic E-state index is 13.0. The lowest BCUT2D eigenvalue weighted by Crippen LogP contribution is -1.99. The third-order valence-corrected chi connectivity index (χ3v) is 3.55. The van der Waals surface area contributed by atoms with E-state index in [1.807, 2.05) is 6.92 Å². The molecule has 2 rings (SSSR count). The highest BCUT2D eigenvalue weighted by Gasteiger charge is 2.15. The molecule has 0 spiro atoms. The van der Waals surface area contributed by atoms with Crippen molar-refractivity contribution in [3.63, 3.8) is 0 Å². The molecule has 0 bridgehead atoms. The molecule has 0 aromatic heterocycles. The summed E-state index contributed by atoms with van der Waals surface area (Å²) in [5.74, 6) is 0. The molecule has 2 aromatic rings. The quantitative estimate of drug-likeness (QED) is 0.727. The molecule has 0 atom stereocenters. The summed E-state index contributed by atoms with van der Waals surface area (Å²) in [4.78, 5) is 0. The molecule has 0 heterocycles. The van der Waals surface area contributed by atoms with Crippen molar-refractivity contribution in [2.45, 2.75) is 13.3 Å². The summed E-state index contributed by atoms with van der Waals surface area (Å²) < 4.78 is 26.0. The third-order valence-electron chi connectivity index (χ3n) is 2.83. The molecular formula is C14H12Cl2F2N2.